The quantitative estimate of drug-likeness (QED) is 0.578. The Morgan fingerprint density at radius 3 is 2.73 bits per heavy atom. The van der Waals surface area contributed by atoms with Crippen LogP contribution in [0.2, 0.25) is 0 Å². The molecule has 0 N–H and O–H groups in total. The van der Waals surface area contributed by atoms with Crippen LogP contribution in [0, 0.1) is 0 Å². The number of benzene rings is 1. The van der Waals surface area contributed by atoms with Crippen LogP contribution in [0.15, 0.2) is 42.5 Å². The summed E-state index contributed by atoms with van der Waals surface area (Å²) >= 11 is 0. The molecule has 1 heterocycles. The highest BCUT2D eigenvalue weighted by molar-refractivity contribution is 7.60. The van der Waals surface area contributed by atoms with Gasteiger partial charge in [-0.05, 0) is 12.5 Å². The second kappa shape index (κ2) is 4.34. The molecular formula is C12H15O2P. The van der Waals surface area contributed by atoms with Gasteiger partial charge in [-0.25, -0.2) is 0 Å². The molecule has 0 radical (unpaired) electrons. The van der Waals surface area contributed by atoms with E-state index in [1.54, 1.807) is 0 Å². The molecule has 1 aliphatic heterocycles. The lowest BCUT2D eigenvalue weighted by Gasteiger charge is -2.17. The predicted molar refractivity (Wildman–Crippen MR) is 62.3 cm³/mol. The summed E-state index contributed by atoms with van der Waals surface area (Å²) in [7, 11) is -2.44. The lowest BCUT2D eigenvalue weighted by Crippen LogP contribution is -2.01. The van der Waals surface area contributed by atoms with E-state index in [-0.39, 0.29) is 5.66 Å². The van der Waals surface area contributed by atoms with Crippen LogP contribution in [0.1, 0.15) is 12.5 Å². The fourth-order valence-corrected chi connectivity index (χ4v) is 3.47. The number of hydrogen-bond acceptors (Lipinski definition) is 2. The van der Waals surface area contributed by atoms with Crippen molar-refractivity contribution in [3.05, 3.63) is 48.0 Å². The molecule has 0 aromatic heterocycles. The van der Waals surface area contributed by atoms with Crippen LogP contribution < -0.4 is 0 Å². The molecule has 2 atom stereocenters. The van der Waals surface area contributed by atoms with Crippen molar-refractivity contribution in [1.29, 1.82) is 0 Å². The Bertz CT molecular complexity index is 397. The highest BCUT2D eigenvalue weighted by Crippen LogP contribution is 2.56. The molecule has 15 heavy (non-hydrogen) atoms. The van der Waals surface area contributed by atoms with E-state index in [1.165, 1.54) is 0 Å². The van der Waals surface area contributed by atoms with Crippen molar-refractivity contribution in [2.45, 2.75) is 19.2 Å². The Balaban J connectivity index is 1.97. The first-order chi connectivity index (χ1) is 7.21. The maximum Gasteiger partial charge on any atom is 0.213 e. The monoisotopic (exact) mass is 222 g/mol. The summed E-state index contributed by atoms with van der Waals surface area (Å²) in [5.74, 6) is 0. The maximum absolute atomic E-state index is 12.2. The molecule has 2 rings (SSSR count). The zero-order chi connectivity index (χ0) is 10.7. The Kier molecular flexibility index (Phi) is 3.08. The van der Waals surface area contributed by atoms with Gasteiger partial charge < -0.3 is 4.52 Å². The van der Waals surface area contributed by atoms with Crippen LogP contribution in [0.25, 0.3) is 0 Å². The molecule has 0 amide bonds. The first kappa shape index (κ1) is 10.7. The lowest BCUT2D eigenvalue weighted by atomic mass is 10.2. The topological polar surface area (TPSA) is 26.3 Å². The molecule has 1 aromatic rings. The summed E-state index contributed by atoms with van der Waals surface area (Å²) in [4.78, 5) is 0. The maximum atomic E-state index is 12.2. The van der Waals surface area contributed by atoms with E-state index in [1.807, 2.05) is 49.4 Å². The lowest BCUT2D eigenvalue weighted by molar-refractivity contribution is 0.303. The van der Waals surface area contributed by atoms with E-state index in [9.17, 15) is 4.57 Å². The molecule has 0 bridgehead atoms. The minimum atomic E-state index is -2.44. The van der Waals surface area contributed by atoms with Gasteiger partial charge in [0, 0.05) is 6.16 Å². The van der Waals surface area contributed by atoms with Crippen molar-refractivity contribution >= 4 is 7.37 Å². The fourth-order valence-electron chi connectivity index (χ4n) is 1.63. The number of hydrogen-bond donors (Lipinski definition) is 0. The van der Waals surface area contributed by atoms with Crippen molar-refractivity contribution < 1.29 is 9.09 Å². The highest BCUT2D eigenvalue weighted by Gasteiger charge is 2.31. The van der Waals surface area contributed by atoms with Gasteiger partial charge in [-0.3, -0.25) is 4.57 Å². The van der Waals surface area contributed by atoms with E-state index < -0.39 is 7.37 Å². The van der Waals surface area contributed by atoms with Gasteiger partial charge in [0.25, 0.3) is 0 Å². The van der Waals surface area contributed by atoms with Gasteiger partial charge in [-0.15, -0.1) is 0 Å². The summed E-state index contributed by atoms with van der Waals surface area (Å²) in [5.41, 5.74) is 1.15. The molecule has 80 valence electrons. The van der Waals surface area contributed by atoms with Gasteiger partial charge >= 0.3 is 0 Å². The second-order valence-corrected chi connectivity index (χ2v) is 6.73. The molecule has 0 saturated carbocycles. The molecule has 0 aliphatic carbocycles. The third-order valence-electron chi connectivity index (χ3n) is 2.69. The Hall–Kier alpha value is -0.850. The van der Waals surface area contributed by atoms with Gasteiger partial charge in [0.15, 0.2) is 0 Å². The van der Waals surface area contributed by atoms with Crippen molar-refractivity contribution in [3.63, 3.8) is 0 Å². The highest BCUT2D eigenvalue weighted by atomic mass is 31.2. The third-order valence-corrected chi connectivity index (χ3v) is 5.39. The Labute approximate surface area is 90.4 Å². The largest absolute Gasteiger partial charge is 0.323 e. The minimum Gasteiger partial charge on any atom is -0.323 e. The molecule has 0 saturated heterocycles. The zero-order valence-corrected chi connectivity index (χ0v) is 9.69. The second-order valence-electron chi connectivity index (χ2n) is 3.84. The van der Waals surface area contributed by atoms with Crippen LogP contribution in [0.3, 0.4) is 0 Å². The summed E-state index contributed by atoms with van der Waals surface area (Å²) in [6.45, 7) is 2.40. The van der Waals surface area contributed by atoms with Crippen molar-refractivity contribution in [3.8, 4) is 0 Å². The summed E-state index contributed by atoms with van der Waals surface area (Å²) in [6, 6.07) is 9.86. The first-order valence-electron chi connectivity index (χ1n) is 5.14. The molecule has 3 heteroatoms. The van der Waals surface area contributed by atoms with E-state index in [0.29, 0.717) is 12.8 Å². The summed E-state index contributed by atoms with van der Waals surface area (Å²) < 4.78 is 17.8. The Morgan fingerprint density at radius 1 is 1.40 bits per heavy atom. The zero-order valence-electron chi connectivity index (χ0n) is 8.80. The number of rotatable bonds is 3. The van der Waals surface area contributed by atoms with E-state index in [0.717, 1.165) is 5.56 Å². The van der Waals surface area contributed by atoms with Gasteiger partial charge in [-0.2, -0.15) is 0 Å². The van der Waals surface area contributed by atoms with E-state index in [4.69, 9.17) is 4.52 Å². The average Bonchev–Trinajstić information content (AvgIpc) is 2.59. The van der Waals surface area contributed by atoms with E-state index in [2.05, 4.69) is 0 Å². The van der Waals surface area contributed by atoms with Crippen LogP contribution >= 0.6 is 7.37 Å². The summed E-state index contributed by atoms with van der Waals surface area (Å²) in [5, 5.41) is 0. The molecule has 0 fully saturated rings. The smallest absolute Gasteiger partial charge is 0.213 e. The molecule has 2 unspecified atom stereocenters. The van der Waals surface area contributed by atoms with Crippen molar-refractivity contribution in [2.75, 3.05) is 6.16 Å². The van der Waals surface area contributed by atoms with Gasteiger partial charge in [0.1, 0.15) is 0 Å². The predicted octanol–water partition coefficient (Wildman–Crippen LogP) is 3.44. The van der Waals surface area contributed by atoms with Gasteiger partial charge in [0.05, 0.1) is 12.3 Å². The van der Waals surface area contributed by atoms with Crippen LogP contribution in [-0.4, -0.2) is 11.8 Å². The van der Waals surface area contributed by atoms with Crippen molar-refractivity contribution in [2.24, 2.45) is 0 Å². The normalized spacial score (nSPS) is 29.5. The summed E-state index contributed by atoms with van der Waals surface area (Å²) in [6.07, 6.45) is 4.52. The van der Waals surface area contributed by atoms with Crippen LogP contribution in [0.4, 0.5) is 0 Å². The standard InChI is InChI=1S/C12H15O2P/c1-11-6-5-9-15(11,13)14-10-12-7-3-2-4-8-12/h2-8,11H,9-10H2,1H3. The van der Waals surface area contributed by atoms with Crippen LogP contribution in [0.5, 0.6) is 0 Å². The minimum absolute atomic E-state index is 0.0706. The molecule has 2 nitrogen and oxygen atoms in total. The average molecular weight is 222 g/mol. The molecular weight excluding hydrogens is 207 g/mol. The molecule has 1 aliphatic rings. The number of allylic oxidation sites excluding steroid dienone is 2. The third kappa shape index (κ3) is 2.39. The van der Waals surface area contributed by atoms with Gasteiger partial charge in [0.2, 0.25) is 7.37 Å². The molecule has 0 spiro atoms. The molecule has 1 aromatic carbocycles. The van der Waals surface area contributed by atoms with E-state index >= 15 is 0 Å². The van der Waals surface area contributed by atoms with Crippen molar-refractivity contribution in [1.82, 2.24) is 0 Å². The SMILES string of the molecule is CC1C=CCP1(=O)OCc1ccccc1. The fraction of sp³-hybridized carbons (Fsp3) is 0.333. The first-order valence-corrected chi connectivity index (χ1v) is 7.02. The van der Waals surface area contributed by atoms with Crippen LogP contribution in [-0.2, 0) is 15.7 Å². The van der Waals surface area contributed by atoms with Gasteiger partial charge in [-0.1, -0.05) is 42.5 Å². The Morgan fingerprint density at radius 2 is 2.13 bits per heavy atom.